The number of aromatic nitrogens is 2. The summed E-state index contributed by atoms with van der Waals surface area (Å²) in [5.74, 6) is 0.202. The van der Waals surface area contributed by atoms with Crippen LogP contribution in [0.15, 0.2) is 61.2 Å². The summed E-state index contributed by atoms with van der Waals surface area (Å²) < 4.78 is 7.40. The Balaban J connectivity index is 1.45. The lowest BCUT2D eigenvalue weighted by Gasteiger charge is -2.09. The monoisotopic (exact) mass is 389 g/mol. The van der Waals surface area contributed by atoms with Gasteiger partial charge in [0.25, 0.3) is 5.91 Å². The highest BCUT2D eigenvalue weighted by Gasteiger charge is 2.06. The molecule has 0 aliphatic rings. The summed E-state index contributed by atoms with van der Waals surface area (Å²) in [5.41, 5.74) is 2.18. The van der Waals surface area contributed by atoms with Crippen LogP contribution in [0.1, 0.15) is 11.1 Å². The molecule has 3 aromatic rings. The number of nitrogens with zero attached hydrogens (tertiary/aromatic N) is 2. The van der Waals surface area contributed by atoms with E-state index in [2.05, 4.69) is 10.3 Å². The van der Waals surface area contributed by atoms with Gasteiger partial charge in [-0.1, -0.05) is 47.5 Å². The van der Waals surface area contributed by atoms with E-state index < -0.39 is 0 Å². The van der Waals surface area contributed by atoms with Crippen molar-refractivity contribution < 1.29 is 9.53 Å². The van der Waals surface area contributed by atoms with Gasteiger partial charge in [0.2, 0.25) is 0 Å². The average molecular weight is 390 g/mol. The molecule has 0 atom stereocenters. The Hall–Kier alpha value is -2.50. The van der Waals surface area contributed by atoms with E-state index in [9.17, 15) is 4.79 Å². The van der Waals surface area contributed by atoms with Crippen molar-refractivity contribution in [3.63, 3.8) is 0 Å². The SMILES string of the molecule is O=C(COc1ccc(Cl)cc1Cl)NCc1ccc(Cn2ccnc2)cc1. The number of imidazole rings is 1. The molecular formula is C19H17Cl2N3O2. The van der Waals surface area contributed by atoms with Crippen molar-refractivity contribution in [3.05, 3.63) is 82.4 Å². The van der Waals surface area contributed by atoms with Crippen molar-refractivity contribution in [3.8, 4) is 5.75 Å². The minimum atomic E-state index is -0.224. The molecule has 1 aromatic heterocycles. The first-order valence-electron chi connectivity index (χ1n) is 7.98. The van der Waals surface area contributed by atoms with E-state index >= 15 is 0 Å². The van der Waals surface area contributed by atoms with E-state index in [1.54, 1.807) is 30.7 Å². The molecule has 0 bridgehead atoms. The van der Waals surface area contributed by atoms with Gasteiger partial charge in [0.1, 0.15) is 5.75 Å². The van der Waals surface area contributed by atoms with Crippen molar-refractivity contribution in [2.75, 3.05) is 6.61 Å². The number of nitrogens with one attached hydrogen (secondary N) is 1. The molecule has 0 fully saturated rings. The maximum atomic E-state index is 11.9. The summed E-state index contributed by atoms with van der Waals surface area (Å²) in [6.45, 7) is 1.09. The zero-order valence-electron chi connectivity index (χ0n) is 13.9. The molecule has 1 heterocycles. The first-order valence-corrected chi connectivity index (χ1v) is 8.74. The molecule has 0 saturated carbocycles. The highest BCUT2D eigenvalue weighted by Crippen LogP contribution is 2.27. The molecule has 3 rings (SSSR count). The molecule has 0 saturated heterocycles. The van der Waals surface area contributed by atoms with Crippen LogP contribution < -0.4 is 10.1 Å². The lowest BCUT2D eigenvalue weighted by Crippen LogP contribution is -2.28. The molecule has 0 radical (unpaired) electrons. The summed E-state index contributed by atoms with van der Waals surface area (Å²) >= 11 is 11.8. The van der Waals surface area contributed by atoms with Crippen LogP contribution in [-0.4, -0.2) is 22.1 Å². The molecule has 0 aliphatic heterocycles. The molecular weight excluding hydrogens is 373 g/mol. The fraction of sp³-hybridized carbons (Fsp3) is 0.158. The van der Waals surface area contributed by atoms with E-state index in [0.29, 0.717) is 22.3 Å². The van der Waals surface area contributed by atoms with Crippen molar-refractivity contribution >= 4 is 29.1 Å². The fourth-order valence-corrected chi connectivity index (χ4v) is 2.80. The van der Waals surface area contributed by atoms with Crippen LogP contribution in [-0.2, 0) is 17.9 Å². The fourth-order valence-electron chi connectivity index (χ4n) is 2.34. The highest BCUT2D eigenvalue weighted by molar-refractivity contribution is 6.35. The van der Waals surface area contributed by atoms with Crippen LogP contribution in [0.3, 0.4) is 0 Å². The molecule has 0 aliphatic carbocycles. The van der Waals surface area contributed by atoms with E-state index in [0.717, 1.165) is 12.1 Å². The van der Waals surface area contributed by atoms with E-state index in [1.165, 1.54) is 5.56 Å². The van der Waals surface area contributed by atoms with E-state index in [4.69, 9.17) is 27.9 Å². The second-order valence-corrected chi connectivity index (χ2v) is 6.54. The predicted molar refractivity (Wildman–Crippen MR) is 102 cm³/mol. The zero-order valence-corrected chi connectivity index (χ0v) is 15.4. The van der Waals surface area contributed by atoms with Crippen molar-refractivity contribution in [2.24, 2.45) is 0 Å². The minimum absolute atomic E-state index is 0.111. The van der Waals surface area contributed by atoms with Crippen LogP contribution in [0, 0.1) is 0 Å². The van der Waals surface area contributed by atoms with Gasteiger partial charge in [0, 0.05) is 30.5 Å². The van der Waals surface area contributed by atoms with Gasteiger partial charge in [-0.25, -0.2) is 4.98 Å². The molecule has 134 valence electrons. The van der Waals surface area contributed by atoms with Crippen molar-refractivity contribution in [1.82, 2.24) is 14.9 Å². The van der Waals surface area contributed by atoms with Gasteiger partial charge in [0.15, 0.2) is 6.61 Å². The molecule has 1 amide bonds. The normalized spacial score (nSPS) is 10.5. The molecule has 26 heavy (non-hydrogen) atoms. The second-order valence-electron chi connectivity index (χ2n) is 5.69. The van der Waals surface area contributed by atoms with Crippen LogP contribution >= 0.6 is 23.2 Å². The number of hydrogen-bond donors (Lipinski definition) is 1. The first-order chi connectivity index (χ1) is 12.6. The largest absolute Gasteiger partial charge is 0.482 e. The topological polar surface area (TPSA) is 56.1 Å². The first kappa shape index (κ1) is 18.3. The number of halogens is 2. The average Bonchev–Trinajstić information content (AvgIpc) is 3.13. The van der Waals surface area contributed by atoms with Gasteiger partial charge >= 0.3 is 0 Å². The standard InChI is InChI=1S/C19H17Cl2N3O2/c20-16-5-6-18(17(21)9-16)26-12-19(25)23-10-14-1-3-15(4-2-14)11-24-8-7-22-13-24/h1-9,13H,10-12H2,(H,23,25). The number of rotatable bonds is 7. The molecule has 2 aromatic carbocycles. The van der Waals surface area contributed by atoms with Gasteiger partial charge in [-0.05, 0) is 29.3 Å². The number of amides is 1. The summed E-state index contributed by atoms with van der Waals surface area (Å²) in [5, 5.41) is 3.71. The Morgan fingerprint density at radius 2 is 1.88 bits per heavy atom. The van der Waals surface area contributed by atoms with Gasteiger partial charge in [-0.15, -0.1) is 0 Å². The number of carbonyl (C=O) groups excluding carboxylic acids is 1. The predicted octanol–water partition coefficient (Wildman–Crippen LogP) is 3.93. The maximum absolute atomic E-state index is 11.9. The van der Waals surface area contributed by atoms with Crippen LogP contribution in [0.25, 0.3) is 0 Å². The number of hydrogen-bond acceptors (Lipinski definition) is 3. The quantitative estimate of drug-likeness (QED) is 0.665. The van der Waals surface area contributed by atoms with Gasteiger partial charge in [0.05, 0.1) is 11.3 Å². The molecule has 1 N–H and O–H groups in total. The Labute approximate surface area is 161 Å². The number of ether oxygens (including phenoxy) is 1. The third-order valence-electron chi connectivity index (χ3n) is 3.69. The molecule has 7 heteroatoms. The summed E-state index contributed by atoms with van der Waals surface area (Å²) in [7, 11) is 0. The summed E-state index contributed by atoms with van der Waals surface area (Å²) in [4.78, 5) is 16.0. The van der Waals surface area contributed by atoms with Crippen molar-refractivity contribution in [2.45, 2.75) is 13.1 Å². The van der Waals surface area contributed by atoms with E-state index in [-0.39, 0.29) is 12.5 Å². The summed E-state index contributed by atoms with van der Waals surface area (Å²) in [6.07, 6.45) is 5.45. The van der Waals surface area contributed by atoms with Crippen molar-refractivity contribution in [1.29, 1.82) is 0 Å². The van der Waals surface area contributed by atoms with Gasteiger partial charge in [-0.3, -0.25) is 4.79 Å². The third-order valence-corrected chi connectivity index (χ3v) is 4.22. The summed E-state index contributed by atoms with van der Waals surface area (Å²) in [6, 6.07) is 12.9. The second kappa shape index (κ2) is 8.74. The Morgan fingerprint density at radius 1 is 1.12 bits per heavy atom. The zero-order chi connectivity index (χ0) is 18.4. The number of carbonyl (C=O) groups is 1. The van der Waals surface area contributed by atoms with Crippen LogP contribution in [0.5, 0.6) is 5.75 Å². The molecule has 0 spiro atoms. The highest BCUT2D eigenvalue weighted by atomic mass is 35.5. The lowest BCUT2D eigenvalue weighted by molar-refractivity contribution is -0.123. The van der Waals surface area contributed by atoms with E-state index in [1.807, 2.05) is 35.0 Å². The van der Waals surface area contributed by atoms with Gasteiger partial charge in [-0.2, -0.15) is 0 Å². The minimum Gasteiger partial charge on any atom is -0.482 e. The van der Waals surface area contributed by atoms with Crippen LogP contribution in [0.4, 0.5) is 0 Å². The third kappa shape index (κ3) is 5.25. The van der Waals surface area contributed by atoms with Crippen LogP contribution in [0.2, 0.25) is 10.0 Å². The Morgan fingerprint density at radius 3 is 2.58 bits per heavy atom. The molecule has 0 unspecified atom stereocenters. The lowest BCUT2D eigenvalue weighted by atomic mass is 10.1. The number of benzene rings is 2. The molecule has 5 nitrogen and oxygen atoms in total. The smallest absolute Gasteiger partial charge is 0.258 e. The maximum Gasteiger partial charge on any atom is 0.258 e. The van der Waals surface area contributed by atoms with Gasteiger partial charge < -0.3 is 14.6 Å². The Kier molecular flexibility index (Phi) is 6.15. The Bertz CT molecular complexity index is 865.